The van der Waals surface area contributed by atoms with Crippen molar-refractivity contribution in [1.29, 1.82) is 0 Å². The number of carbonyl (C=O) groups is 2. The lowest BCUT2D eigenvalue weighted by Crippen LogP contribution is -2.50. The molecule has 1 saturated carbocycles. The SMILES string of the molecule is COc1nc(-c2cccc(-c3cccc(-c4ccn5c(=O)c(CNCC67CCC(C6)C(=O)N7)cnc5c4)c3Cl)c2Cl)ccc1CNCC1CCC(=O)N1. The second-order valence-corrected chi connectivity index (χ2v) is 14.9. The molecule has 4 N–H and O–H groups in total. The Morgan fingerprint density at radius 3 is 2.40 bits per heavy atom. The second-order valence-electron chi connectivity index (χ2n) is 14.2. The largest absolute Gasteiger partial charge is 0.481 e. The first-order valence-corrected chi connectivity index (χ1v) is 18.6. The summed E-state index contributed by atoms with van der Waals surface area (Å²) >= 11 is 14.2. The maximum atomic E-state index is 13.4. The van der Waals surface area contributed by atoms with Gasteiger partial charge in [0.15, 0.2) is 0 Å². The van der Waals surface area contributed by atoms with Gasteiger partial charge in [0.25, 0.3) is 5.56 Å². The molecule has 0 spiro atoms. The van der Waals surface area contributed by atoms with Crippen LogP contribution in [0, 0.1) is 5.92 Å². The monoisotopic (exact) mass is 751 g/mol. The summed E-state index contributed by atoms with van der Waals surface area (Å²) in [6, 6.07) is 19.3. The molecule has 3 fully saturated rings. The number of aromatic nitrogens is 3. The van der Waals surface area contributed by atoms with Crippen molar-refractivity contribution in [3.8, 4) is 39.4 Å². The average molecular weight is 753 g/mol. The summed E-state index contributed by atoms with van der Waals surface area (Å²) in [5, 5.41) is 13.9. The molecule has 1 aliphatic carbocycles. The Morgan fingerprint density at radius 1 is 0.925 bits per heavy atom. The van der Waals surface area contributed by atoms with Crippen LogP contribution in [0.4, 0.5) is 0 Å². The number of pyridine rings is 2. The third-order valence-corrected chi connectivity index (χ3v) is 11.5. The molecular formula is C40H39Cl2N7O4. The molecule has 3 unspecified atom stereocenters. The minimum Gasteiger partial charge on any atom is -0.481 e. The van der Waals surface area contributed by atoms with E-state index < -0.39 is 0 Å². The van der Waals surface area contributed by atoms with Gasteiger partial charge in [-0.05, 0) is 49.4 Å². The number of hydrogen-bond donors (Lipinski definition) is 4. The van der Waals surface area contributed by atoms with Gasteiger partial charge in [-0.1, -0.05) is 65.7 Å². The zero-order chi connectivity index (χ0) is 36.7. The topological polar surface area (TPSA) is 139 Å². The van der Waals surface area contributed by atoms with E-state index in [0.717, 1.165) is 59.1 Å². The number of nitrogens with zero attached hydrogens (tertiary/aromatic N) is 3. The first-order chi connectivity index (χ1) is 25.7. The van der Waals surface area contributed by atoms with Crippen LogP contribution in [-0.2, 0) is 22.7 Å². The number of methoxy groups -OCH3 is 1. The fraction of sp³-hybridized carbons (Fsp3) is 0.325. The van der Waals surface area contributed by atoms with Gasteiger partial charge in [0.2, 0.25) is 17.7 Å². The Balaban J connectivity index is 1.00. The molecule has 13 heteroatoms. The van der Waals surface area contributed by atoms with Crippen molar-refractivity contribution >= 4 is 40.7 Å². The maximum Gasteiger partial charge on any atom is 0.262 e. The quantitative estimate of drug-likeness (QED) is 0.131. The molecule has 3 atom stereocenters. The van der Waals surface area contributed by atoms with Gasteiger partial charge in [-0.2, -0.15) is 0 Å². The van der Waals surface area contributed by atoms with Gasteiger partial charge in [0.05, 0.1) is 28.4 Å². The highest BCUT2D eigenvalue weighted by atomic mass is 35.5. The highest BCUT2D eigenvalue weighted by Crippen LogP contribution is 2.43. The molecule has 3 aliphatic rings. The third kappa shape index (κ3) is 6.90. The van der Waals surface area contributed by atoms with Crippen LogP contribution < -0.4 is 31.6 Å². The predicted molar refractivity (Wildman–Crippen MR) is 205 cm³/mol. The lowest BCUT2D eigenvalue weighted by atomic mass is 9.97. The summed E-state index contributed by atoms with van der Waals surface area (Å²) in [7, 11) is 1.59. The molecule has 2 aromatic carbocycles. The van der Waals surface area contributed by atoms with Crippen molar-refractivity contribution in [3.63, 3.8) is 0 Å². The first kappa shape index (κ1) is 35.2. The van der Waals surface area contributed by atoms with Crippen LogP contribution in [0.5, 0.6) is 5.88 Å². The van der Waals surface area contributed by atoms with Gasteiger partial charge in [-0.3, -0.25) is 18.8 Å². The molecule has 5 heterocycles. The average Bonchev–Trinajstić information content (AvgIpc) is 3.87. The summed E-state index contributed by atoms with van der Waals surface area (Å²) in [6.45, 7) is 2.19. The molecule has 2 amide bonds. The smallest absolute Gasteiger partial charge is 0.262 e. The lowest BCUT2D eigenvalue weighted by molar-refractivity contribution is -0.124. The zero-order valence-electron chi connectivity index (χ0n) is 29.2. The molecule has 272 valence electrons. The van der Waals surface area contributed by atoms with Gasteiger partial charge in [0, 0.05) is 90.3 Å². The minimum atomic E-state index is -0.206. The number of piperidine rings is 1. The van der Waals surface area contributed by atoms with Crippen molar-refractivity contribution < 1.29 is 14.3 Å². The number of hydrogen-bond acceptors (Lipinski definition) is 8. The summed E-state index contributed by atoms with van der Waals surface area (Å²) in [5.41, 5.74) is 6.06. The van der Waals surface area contributed by atoms with Crippen LogP contribution in [0.25, 0.3) is 39.2 Å². The number of carbonyl (C=O) groups excluding carboxylic acids is 2. The van der Waals surface area contributed by atoms with Crippen LogP contribution in [0.15, 0.2) is 77.9 Å². The van der Waals surface area contributed by atoms with E-state index in [1.807, 2.05) is 60.7 Å². The normalized spacial score (nSPS) is 20.6. The van der Waals surface area contributed by atoms with E-state index >= 15 is 0 Å². The fourth-order valence-electron chi connectivity index (χ4n) is 7.91. The van der Waals surface area contributed by atoms with E-state index in [2.05, 4.69) is 26.3 Å². The van der Waals surface area contributed by atoms with Crippen molar-refractivity contribution in [2.75, 3.05) is 20.2 Å². The molecule has 2 aliphatic heterocycles. The number of fused-ring (bicyclic) bond motifs is 3. The highest BCUT2D eigenvalue weighted by molar-refractivity contribution is 6.39. The molecule has 2 saturated heterocycles. The fourth-order valence-corrected chi connectivity index (χ4v) is 8.57. The number of amides is 2. The molecule has 0 radical (unpaired) electrons. The summed E-state index contributed by atoms with van der Waals surface area (Å²) in [5.74, 6) is 0.844. The summed E-state index contributed by atoms with van der Waals surface area (Å²) in [4.78, 5) is 46.4. The van der Waals surface area contributed by atoms with Crippen molar-refractivity contribution in [2.45, 2.75) is 56.8 Å². The van der Waals surface area contributed by atoms with Gasteiger partial charge < -0.3 is 26.0 Å². The van der Waals surface area contributed by atoms with Crippen molar-refractivity contribution in [2.24, 2.45) is 5.92 Å². The number of rotatable bonds is 12. The van der Waals surface area contributed by atoms with E-state index in [9.17, 15) is 14.4 Å². The Bertz CT molecular complexity index is 2310. The van der Waals surface area contributed by atoms with E-state index in [1.165, 1.54) is 4.40 Å². The Hall–Kier alpha value is -4.81. The van der Waals surface area contributed by atoms with Crippen LogP contribution >= 0.6 is 23.2 Å². The lowest BCUT2D eigenvalue weighted by Gasteiger charge is -2.27. The van der Waals surface area contributed by atoms with Crippen LogP contribution in [0.3, 0.4) is 0 Å². The van der Waals surface area contributed by atoms with Crippen LogP contribution in [-0.4, -0.2) is 58.0 Å². The molecule has 11 nitrogen and oxygen atoms in total. The van der Waals surface area contributed by atoms with E-state index in [1.54, 1.807) is 19.5 Å². The molecular weight excluding hydrogens is 713 g/mol. The number of halogens is 2. The molecule has 3 aromatic heterocycles. The highest BCUT2D eigenvalue weighted by Gasteiger charge is 2.49. The maximum absolute atomic E-state index is 13.4. The Labute approximate surface area is 316 Å². The van der Waals surface area contributed by atoms with E-state index in [0.29, 0.717) is 65.4 Å². The van der Waals surface area contributed by atoms with Gasteiger partial charge in [0.1, 0.15) is 5.65 Å². The summed E-state index contributed by atoms with van der Waals surface area (Å²) in [6.07, 6.45) is 7.46. The van der Waals surface area contributed by atoms with Crippen molar-refractivity contribution in [1.82, 2.24) is 35.6 Å². The van der Waals surface area contributed by atoms with E-state index in [-0.39, 0.29) is 34.9 Å². The molecule has 2 bridgehead atoms. The Kier molecular flexibility index (Phi) is 9.67. The third-order valence-electron chi connectivity index (χ3n) is 10.7. The van der Waals surface area contributed by atoms with Gasteiger partial charge in [-0.15, -0.1) is 0 Å². The number of benzene rings is 2. The number of ether oxygens (including phenoxy) is 1. The molecule has 53 heavy (non-hydrogen) atoms. The van der Waals surface area contributed by atoms with Crippen LogP contribution in [0.2, 0.25) is 10.0 Å². The van der Waals surface area contributed by atoms with Gasteiger partial charge in [-0.25, -0.2) is 9.97 Å². The molecule has 5 aromatic rings. The van der Waals surface area contributed by atoms with E-state index in [4.69, 9.17) is 32.9 Å². The van der Waals surface area contributed by atoms with Crippen molar-refractivity contribution in [3.05, 3.63) is 105 Å². The number of nitrogens with one attached hydrogen (secondary N) is 4. The van der Waals surface area contributed by atoms with Crippen LogP contribution in [0.1, 0.15) is 43.2 Å². The Morgan fingerprint density at radius 2 is 1.68 bits per heavy atom. The predicted octanol–water partition coefficient (Wildman–Crippen LogP) is 5.53. The minimum absolute atomic E-state index is 0.0927. The molecule has 8 rings (SSSR count). The van der Waals surface area contributed by atoms with Gasteiger partial charge >= 0.3 is 0 Å². The summed E-state index contributed by atoms with van der Waals surface area (Å²) < 4.78 is 7.19. The zero-order valence-corrected chi connectivity index (χ0v) is 30.7. The standard InChI is InChI=1S/C40H39Cl2N7O4/c1-53-38-25(18-43-21-27-9-11-34(50)46-27)8-10-32(47-38)31-7-3-6-30(36(31)42)29-5-2-4-28(35(29)41)23-13-15-49-33(16-23)45-20-26(39(49)52)19-44-22-40-14-12-24(17-40)37(51)48-40/h2-8,10,13,15-16,20,24,27,43-44H,9,11-12,14,17-19,21-22H2,1H3,(H,46,50)(H,48,51). The second kappa shape index (κ2) is 14.5. The first-order valence-electron chi connectivity index (χ1n) is 17.9.